The molecule has 0 atom stereocenters. The third-order valence-corrected chi connectivity index (χ3v) is 8.25. The van der Waals surface area contributed by atoms with Gasteiger partial charge < -0.3 is 4.42 Å². The van der Waals surface area contributed by atoms with Crippen LogP contribution in [0.25, 0.3) is 89.7 Å². The van der Waals surface area contributed by atoms with Crippen LogP contribution < -0.4 is 0 Å². The van der Waals surface area contributed by atoms with Gasteiger partial charge in [-0.25, -0.2) is 29.9 Å². The van der Waals surface area contributed by atoms with Gasteiger partial charge in [0.1, 0.15) is 5.52 Å². The Balaban J connectivity index is 1.09. The summed E-state index contributed by atoms with van der Waals surface area (Å²) in [4.78, 5) is 28.7. The molecular formula is C40H24N6O. The van der Waals surface area contributed by atoms with Gasteiger partial charge in [-0.2, -0.15) is 0 Å². The number of rotatable bonds is 5. The number of benzene rings is 5. The monoisotopic (exact) mass is 604 g/mol. The third-order valence-electron chi connectivity index (χ3n) is 8.25. The first-order valence-electron chi connectivity index (χ1n) is 15.3. The zero-order valence-corrected chi connectivity index (χ0v) is 24.9. The molecule has 0 fully saturated rings. The van der Waals surface area contributed by atoms with E-state index in [0.717, 1.165) is 44.3 Å². The Bertz CT molecular complexity index is 2510. The first-order chi connectivity index (χ1) is 23.2. The first kappa shape index (κ1) is 26.8. The van der Waals surface area contributed by atoms with Crippen LogP contribution in [0.1, 0.15) is 0 Å². The van der Waals surface area contributed by atoms with Crippen molar-refractivity contribution in [3.63, 3.8) is 0 Å². The lowest BCUT2D eigenvalue weighted by Gasteiger charge is -2.09. The molecule has 220 valence electrons. The topological polar surface area (TPSA) is 90.5 Å². The summed E-state index contributed by atoms with van der Waals surface area (Å²) in [7, 11) is 0. The Hall–Kier alpha value is -6.60. The Kier molecular flexibility index (Phi) is 6.31. The average Bonchev–Trinajstić information content (AvgIpc) is 3.52. The molecule has 5 aromatic carbocycles. The summed E-state index contributed by atoms with van der Waals surface area (Å²) in [6, 6.07) is 44.7. The van der Waals surface area contributed by atoms with Gasteiger partial charge in [0.2, 0.25) is 5.71 Å². The molecule has 0 unspecified atom stereocenters. The standard InChI is InChI=1S/C40H24N6O/c1-3-10-26(11-4-1)37-44-38(27-12-5-2-6-13-27)46-39(45-37)29-18-16-28(17-19-29)36-41-24-34-35(43-36)33-22-32(23-42-40(33)47-34)31-20-15-25-9-7-8-14-30(25)21-31/h1-24H. The van der Waals surface area contributed by atoms with Gasteiger partial charge in [0.25, 0.3) is 0 Å². The normalized spacial score (nSPS) is 11.4. The molecule has 0 amide bonds. The maximum atomic E-state index is 6.02. The van der Waals surface area contributed by atoms with Crippen molar-refractivity contribution in [2.24, 2.45) is 0 Å². The van der Waals surface area contributed by atoms with Gasteiger partial charge in [-0.05, 0) is 28.5 Å². The van der Waals surface area contributed by atoms with E-state index >= 15 is 0 Å². The highest BCUT2D eigenvalue weighted by atomic mass is 16.3. The van der Waals surface area contributed by atoms with E-state index in [0.29, 0.717) is 34.6 Å². The molecule has 9 aromatic rings. The van der Waals surface area contributed by atoms with E-state index in [1.165, 1.54) is 10.8 Å². The van der Waals surface area contributed by atoms with Crippen LogP contribution in [0.15, 0.2) is 150 Å². The molecule has 0 bridgehead atoms. The van der Waals surface area contributed by atoms with Crippen LogP contribution in [0.5, 0.6) is 0 Å². The highest BCUT2D eigenvalue weighted by Gasteiger charge is 2.15. The molecule has 4 aromatic heterocycles. The third kappa shape index (κ3) is 4.96. The van der Waals surface area contributed by atoms with Crippen molar-refractivity contribution in [1.82, 2.24) is 29.9 Å². The van der Waals surface area contributed by atoms with Gasteiger partial charge >= 0.3 is 0 Å². The highest BCUT2D eigenvalue weighted by Crippen LogP contribution is 2.32. The second-order valence-electron chi connectivity index (χ2n) is 11.3. The molecular weight excluding hydrogens is 580 g/mol. The molecule has 0 saturated heterocycles. The van der Waals surface area contributed by atoms with E-state index in [2.05, 4.69) is 58.5 Å². The van der Waals surface area contributed by atoms with Crippen molar-refractivity contribution in [3.05, 3.63) is 146 Å². The molecule has 7 nitrogen and oxygen atoms in total. The lowest BCUT2D eigenvalue weighted by molar-refractivity contribution is 0.651. The predicted molar refractivity (Wildman–Crippen MR) is 185 cm³/mol. The lowest BCUT2D eigenvalue weighted by Crippen LogP contribution is -2.00. The van der Waals surface area contributed by atoms with E-state index in [9.17, 15) is 0 Å². The molecule has 0 aliphatic carbocycles. The second kappa shape index (κ2) is 11.1. The van der Waals surface area contributed by atoms with Gasteiger partial charge in [0, 0.05) is 34.0 Å². The summed E-state index contributed by atoms with van der Waals surface area (Å²) in [5, 5.41) is 3.23. The smallest absolute Gasteiger partial charge is 0.229 e. The first-order valence-corrected chi connectivity index (χ1v) is 15.3. The summed E-state index contributed by atoms with van der Waals surface area (Å²) >= 11 is 0. The Labute approximate surface area is 269 Å². The maximum Gasteiger partial charge on any atom is 0.229 e. The summed E-state index contributed by atoms with van der Waals surface area (Å²) in [6.07, 6.45) is 3.56. The Morgan fingerprint density at radius 3 is 1.60 bits per heavy atom. The van der Waals surface area contributed by atoms with E-state index in [1.807, 2.05) is 91.1 Å². The van der Waals surface area contributed by atoms with Gasteiger partial charge in [-0.3, -0.25) is 0 Å². The summed E-state index contributed by atoms with van der Waals surface area (Å²) < 4.78 is 6.02. The van der Waals surface area contributed by atoms with Gasteiger partial charge in [0.05, 0.1) is 11.6 Å². The molecule has 7 heteroatoms. The fourth-order valence-electron chi connectivity index (χ4n) is 5.82. The Morgan fingerprint density at radius 2 is 0.936 bits per heavy atom. The minimum Gasteiger partial charge on any atom is -0.434 e. The van der Waals surface area contributed by atoms with E-state index in [1.54, 1.807) is 6.20 Å². The van der Waals surface area contributed by atoms with Crippen LogP contribution >= 0.6 is 0 Å². The summed E-state index contributed by atoms with van der Waals surface area (Å²) in [6.45, 7) is 0. The van der Waals surface area contributed by atoms with E-state index < -0.39 is 0 Å². The van der Waals surface area contributed by atoms with Crippen LogP contribution in [0, 0.1) is 0 Å². The van der Waals surface area contributed by atoms with Crippen molar-refractivity contribution in [2.45, 2.75) is 0 Å². The zero-order valence-electron chi connectivity index (χ0n) is 24.9. The number of aromatic nitrogens is 6. The van der Waals surface area contributed by atoms with Gasteiger partial charge in [-0.1, -0.05) is 121 Å². The number of nitrogens with zero attached hydrogens (tertiary/aromatic N) is 6. The zero-order chi connectivity index (χ0) is 31.2. The van der Waals surface area contributed by atoms with Crippen LogP contribution in [0.4, 0.5) is 0 Å². The molecule has 0 aliphatic rings. The minimum atomic E-state index is 0.532. The van der Waals surface area contributed by atoms with Crippen molar-refractivity contribution in [1.29, 1.82) is 0 Å². The fourth-order valence-corrected chi connectivity index (χ4v) is 5.82. The van der Waals surface area contributed by atoms with E-state index in [4.69, 9.17) is 24.4 Å². The van der Waals surface area contributed by atoms with Gasteiger partial charge in [-0.15, -0.1) is 0 Å². The number of hydrogen-bond acceptors (Lipinski definition) is 7. The minimum absolute atomic E-state index is 0.532. The average molecular weight is 605 g/mol. The van der Waals surface area contributed by atoms with Gasteiger partial charge in [0.15, 0.2) is 28.9 Å². The van der Waals surface area contributed by atoms with Crippen molar-refractivity contribution in [3.8, 4) is 56.7 Å². The number of hydrogen-bond donors (Lipinski definition) is 0. The molecule has 0 spiro atoms. The van der Waals surface area contributed by atoms with Crippen molar-refractivity contribution in [2.75, 3.05) is 0 Å². The molecule has 9 rings (SSSR count). The predicted octanol–water partition coefficient (Wildman–Crippen LogP) is 9.44. The highest BCUT2D eigenvalue weighted by molar-refractivity contribution is 6.03. The van der Waals surface area contributed by atoms with E-state index in [-0.39, 0.29) is 0 Å². The van der Waals surface area contributed by atoms with Crippen LogP contribution in [-0.4, -0.2) is 29.9 Å². The van der Waals surface area contributed by atoms with Crippen LogP contribution in [0.2, 0.25) is 0 Å². The summed E-state index contributed by atoms with van der Waals surface area (Å²) in [5.41, 5.74) is 7.52. The SMILES string of the molecule is c1ccc(-c2nc(-c3ccccc3)nc(-c3ccc(-c4ncc5oc6ncc(-c7ccc8ccccc8c7)cc6c5n4)cc3)n2)cc1. The quantitative estimate of drug-likeness (QED) is 0.193. The fraction of sp³-hybridized carbons (Fsp3) is 0. The largest absolute Gasteiger partial charge is 0.434 e. The summed E-state index contributed by atoms with van der Waals surface area (Å²) in [5.74, 6) is 2.42. The Morgan fingerprint density at radius 1 is 0.383 bits per heavy atom. The maximum absolute atomic E-state index is 6.02. The number of pyridine rings is 1. The van der Waals surface area contributed by atoms with Crippen molar-refractivity contribution >= 4 is 33.0 Å². The van der Waals surface area contributed by atoms with Crippen LogP contribution in [-0.2, 0) is 0 Å². The van der Waals surface area contributed by atoms with Crippen molar-refractivity contribution < 1.29 is 4.42 Å². The second-order valence-corrected chi connectivity index (χ2v) is 11.3. The molecule has 0 aliphatic heterocycles. The number of furan rings is 1. The molecule has 0 radical (unpaired) electrons. The molecule has 0 N–H and O–H groups in total. The lowest BCUT2D eigenvalue weighted by atomic mass is 10.0. The molecule has 0 saturated carbocycles. The molecule has 4 heterocycles. The molecule has 47 heavy (non-hydrogen) atoms. The number of fused-ring (bicyclic) bond motifs is 4. The van der Waals surface area contributed by atoms with Crippen LogP contribution in [0.3, 0.4) is 0 Å².